The maximum Gasteiger partial charge on any atom is -0.0133 e. The second-order valence-electron chi connectivity index (χ2n) is 2.07. The zero-order valence-corrected chi connectivity index (χ0v) is 8.86. The Morgan fingerprint density at radius 1 is 1.00 bits per heavy atom. The van der Waals surface area contributed by atoms with Gasteiger partial charge in [-0.1, -0.05) is 51.0 Å². The predicted octanol–water partition coefficient (Wildman–Crippen LogP) is 4.34. The Bertz CT molecular complexity index is 127. The molecule has 0 aromatic carbocycles. The van der Waals surface area contributed by atoms with Gasteiger partial charge in [0.2, 0.25) is 0 Å². The van der Waals surface area contributed by atoms with Gasteiger partial charge >= 0.3 is 0 Å². The van der Waals surface area contributed by atoms with Crippen molar-refractivity contribution in [3.8, 4) is 0 Å². The minimum Gasteiger partial charge on any atom is -0.0802 e. The number of allylic oxidation sites excluding steroid dienone is 4. The topological polar surface area (TPSA) is 0 Å². The van der Waals surface area contributed by atoms with E-state index < -0.39 is 0 Å². The monoisotopic (exact) mass is 154 g/mol. The number of hydrogen-bond donors (Lipinski definition) is 0. The molecule has 0 saturated carbocycles. The second kappa shape index (κ2) is 9.48. The average molecular weight is 154 g/mol. The van der Waals surface area contributed by atoms with Gasteiger partial charge in [-0.3, -0.25) is 0 Å². The molecule has 66 valence electrons. The summed E-state index contributed by atoms with van der Waals surface area (Å²) in [6, 6.07) is 0. The van der Waals surface area contributed by atoms with Crippen LogP contribution in [0.3, 0.4) is 0 Å². The summed E-state index contributed by atoms with van der Waals surface area (Å²) in [6.45, 7) is 12.3. The zero-order chi connectivity index (χ0) is 9.28. The highest BCUT2D eigenvalue weighted by atomic mass is 14.0. The van der Waals surface area contributed by atoms with Crippen molar-refractivity contribution in [2.75, 3.05) is 0 Å². The Kier molecular flexibility index (Phi) is 11.3. The Balaban J connectivity index is 0. The van der Waals surface area contributed by atoms with Gasteiger partial charge in [-0.05, 0) is 20.3 Å². The molecule has 0 spiro atoms. The van der Waals surface area contributed by atoms with E-state index in [1.165, 1.54) is 17.6 Å². The molecular weight excluding hydrogens is 132 g/mol. The summed E-state index contributed by atoms with van der Waals surface area (Å²) in [5.41, 5.74) is 2.96. The van der Waals surface area contributed by atoms with Crippen LogP contribution in [-0.4, -0.2) is 0 Å². The van der Waals surface area contributed by atoms with Crippen LogP contribution in [0.5, 0.6) is 0 Å². The van der Waals surface area contributed by atoms with Crippen molar-refractivity contribution in [3.05, 3.63) is 23.3 Å². The lowest BCUT2D eigenvalue weighted by Crippen LogP contribution is -1.67. The second-order valence-corrected chi connectivity index (χ2v) is 2.07. The molecule has 0 heteroatoms. The van der Waals surface area contributed by atoms with Gasteiger partial charge < -0.3 is 0 Å². The van der Waals surface area contributed by atoms with E-state index in [-0.39, 0.29) is 0 Å². The molecule has 1 aliphatic rings. The third-order valence-electron chi connectivity index (χ3n) is 1.47. The SMILES string of the molecule is CC.CC.CC1=C(C)CC=C1. The minimum absolute atomic E-state index is 1.17. The van der Waals surface area contributed by atoms with Crippen LogP contribution >= 0.6 is 0 Å². The zero-order valence-electron chi connectivity index (χ0n) is 8.86. The van der Waals surface area contributed by atoms with Crippen molar-refractivity contribution in [2.45, 2.75) is 48.0 Å². The van der Waals surface area contributed by atoms with E-state index in [1.807, 2.05) is 27.7 Å². The smallest absolute Gasteiger partial charge is 0.0133 e. The highest BCUT2D eigenvalue weighted by molar-refractivity contribution is 5.30. The molecule has 0 saturated heterocycles. The summed E-state index contributed by atoms with van der Waals surface area (Å²) >= 11 is 0. The molecule has 0 aliphatic heterocycles. The fraction of sp³-hybridized carbons (Fsp3) is 0.636. The van der Waals surface area contributed by atoms with Gasteiger partial charge in [-0.2, -0.15) is 0 Å². The van der Waals surface area contributed by atoms with E-state index in [0.717, 1.165) is 0 Å². The molecule has 1 aliphatic carbocycles. The van der Waals surface area contributed by atoms with Gasteiger partial charge in [0.25, 0.3) is 0 Å². The first-order chi connectivity index (χ1) is 5.30. The predicted molar refractivity (Wildman–Crippen MR) is 54.8 cm³/mol. The van der Waals surface area contributed by atoms with Crippen LogP contribution in [0.1, 0.15) is 48.0 Å². The molecule has 0 aromatic rings. The highest BCUT2D eigenvalue weighted by Gasteiger charge is 1.95. The van der Waals surface area contributed by atoms with Gasteiger partial charge in [0, 0.05) is 0 Å². The quantitative estimate of drug-likeness (QED) is 0.487. The van der Waals surface area contributed by atoms with Gasteiger partial charge in [0.15, 0.2) is 0 Å². The highest BCUT2D eigenvalue weighted by Crippen LogP contribution is 2.16. The van der Waals surface area contributed by atoms with E-state index in [9.17, 15) is 0 Å². The van der Waals surface area contributed by atoms with Gasteiger partial charge in [-0.15, -0.1) is 0 Å². The molecule has 0 unspecified atom stereocenters. The van der Waals surface area contributed by atoms with E-state index in [0.29, 0.717) is 0 Å². The first-order valence-corrected chi connectivity index (χ1v) is 4.63. The van der Waals surface area contributed by atoms with Crippen molar-refractivity contribution in [1.82, 2.24) is 0 Å². The maximum atomic E-state index is 2.20. The summed E-state index contributed by atoms with van der Waals surface area (Å²) in [5, 5.41) is 0. The third kappa shape index (κ3) is 5.90. The Morgan fingerprint density at radius 2 is 1.45 bits per heavy atom. The normalized spacial score (nSPS) is 13.3. The maximum absolute atomic E-state index is 2.20. The molecule has 0 amide bonds. The summed E-state index contributed by atoms with van der Waals surface area (Å²) < 4.78 is 0. The summed E-state index contributed by atoms with van der Waals surface area (Å²) in [7, 11) is 0. The van der Waals surface area contributed by atoms with Crippen LogP contribution < -0.4 is 0 Å². The minimum atomic E-state index is 1.17. The average Bonchev–Trinajstić information content (AvgIpc) is 2.44. The standard InChI is InChI=1S/C7H10.2C2H6/c1-6-4-3-5-7(6)2;2*1-2/h3-4H,5H2,1-2H3;2*1-2H3. The Labute approximate surface area is 72.0 Å². The Hall–Kier alpha value is -0.520. The van der Waals surface area contributed by atoms with Crippen LogP contribution in [0, 0.1) is 0 Å². The van der Waals surface area contributed by atoms with E-state index in [4.69, 9.17) is 0 Å². The fourth-order valence-corrected chi connectivity index (χ4v) is 0.716. The molecule has 0 aromatic heterocycles. The molecule has 0 radical (unpaired) electrons. The van der Waals surface area contributed by atoms with Crippen molar-refractivity contribution in [1.29, 1.82) is 0 Å². The molecule has 0 heterocycles. The van der Waals surface area contributed by atoms with Crippen molar-refractivity contribution < 1.29 is 0 Å². The lowest BCUT2D eigenvalue weighted by molar-refractivity contribution is 1.22. The molecule has 0 atom stereocenters. The molecular formula is C11H22. The molecule has 0 bridgehead atoms. The first-order valence-electron chi connectivity index (χ1n) is 4.63. The Morgan fingerprint density at radius 3 is 1.55 bits per heavy atom. The van der Waals surface area contributed by atoms with Gasteiger partial charge in [-0.25, -0.2) is 0 Å². The number of hydrogen-bond acceptors (Lipinski definition) is 0. The molecule has 0 N–H and O–H groups in total. The molecule has 1 rings (SSSR count). The van der Waals surface area contributed by atoms with E-state index in [2.05, 4.69) is 26.0 Å². The summed E-state index contributed by atoms with van der Waals surface area (Å²) in [5.74, 6) is 0. The third-order valence-corrected chi connectivity index (χ3v) is 1.47. The van der Waals surface area contributed by atoms with Crippen LogP contribution in [0.15, 0.2) is 23.3 Å². The van der Waals surface area contributed by atoms with Crippen molar-refractivity contribution in [3.63, 3.8) is 0 Å². The van der Waals surface area contributed by atoms with Gasteiger partial charge in [0.05, 0.1) is 0 Å². The van der Waals surface area contributed by atoms with E-state index in [1.54, 1.807) is 0 Å². The summed E-state index contributed by atoms with van der Waals surface area (Å²) in [6.07, 6.45) is 5.55. The lowest BCUT2D eigenvalue weighted by atomic mass is 10.2. The van der Waals surface area contributed by atoms with Crippen LogP contribution in [0.2, 0.25) is 0 Å². The van der Waals surface area contributed by atoms with Crippen molar-refractivity contribution in [2.24, 2.45) is 0 Å². The van der Waals surface area contributed by atoms with Crippen LogP contribution in [0.25, 0.3) is 0 Å². The van der Waals surface area contributed by atoms with E-state index >= 15 is 0 Å². The summed E-state index contributed by atoms with van der Waals surface area (Å²) in [4.78, 5) is 0. The van der Waals surface area contributed by atoms with Gasteiger partial charge in [0.1, 0.15) is 0 Å². The van der Waals surface area contributed by atoms with Crippen molar-refractivity contribution >= 4 is 0 Å². The first kappa shape index (κ1) is 13.1. The molecule has 0 nitrogen and oxygen atoms in total. The fourth-order valence-electron chi connectivity index (χ4n) is 0.716. The van der Waals surface area contributed by atoms with Crippen LogP contribution in [-0.2, 0) is 0 Å². The number of rotatable bonds is 0. The van der Waals surface area contributed by atoms with Crippen LogP contribution in [0.4, 0.5) is 0 Å². The lowest BCUT2D eigenvalue weighted by Gasteiger charge is -1.87. The largest absolute Gasteiger partial charge is 0.0802 e. The molecule has 11 heavy (non-hydrogen) atoms. The molecule has 0 fully saturated rings.